The number of fused-ring (bicyclic) bond motifs is 2. The van der Waals surface area contributed by atoms with E-state index >= 15 is 0 Å². The average Bonchev–Trinajstić information content (AvgIpc) is 2.82. The predicted octanol–water partition coefficient (Wildman–Crippen LogP) is 3.70. The molecule has 0 aromatic carbocycles. The third-order valence-electron chi connectivity index (χ3n) is 6.57. The fraction of sp³-hybridized carbons (Fsp3) is 0.789. The lowest BCUT2D eigenvalue weighted by Crippen LogP contribution is -2.73. The zero-order chi connectivity index (χ0) is 19.7. The van der Waals surface area contributed by atoms with Crippen LogP contribution in [0, 0.1) is 30.1 Å². The lowest BCUT2D eigenvalue weighted by atomic mass is 9.58. The normalized spacial score (nSPS) is 49.3. The topological polar surface area (TPSA) is 46.2 Å². The summed E-state index contributed by atoms with van der Waals surface area (Å²) in [6.45, 7) is 6.89. The second kappa shape index (κ2) is 5.94. The van der Waals surface area contributed by atoms with Gasteiger partial charge in [0.25, 0.3) is 5.79 Å². The summed E-state index contributed by atoms with van der Waals surface area (Å²) in [5, 5.41) is 0. The van der Waals surface area contributed by atoms with Crippen LogP contribution in [-0.2, 0) is 24.0 Å². The molecular weight excluding hydrogens is 365 g/mol. The summed E-state index contributed by atoms with van der Waals surface area (Å²) >= 11 is 0. The zero-order valence-electron chi connectivity index (χ0n) is 15.3. The van der Waals surface area contributed by atoms with Crippen LogP contribution >= 0.6 is 0 Å². The smallest absolute Gasteiger partial charge is 0.326 e. The Labute approximate surface area is 156 Å². The standard InChI is InChI=1S/C19H23F3O5/c1-5-10-23-18(19(20,21)22)12(3)14-7-6-11(2)13-8-9-16(4)24-15(25-18)17(13,14)27-26-16/h1,11,13-15H,3,6-10H2,2,4H3/t11-,13?,14+,15+,16+,17-,18-/m1/s1. The molecule has 5 rings (SSSR count). The zero-order valence-corrected chi connectivity index (χ0v) is 15.3. The molecule has 1 saturated carbocycles. The van der Waals surface area contributed by atoms with E-state index in [1.165, 1.54) is 0 Å². The summed E-state index contributed by atoms with van der Waals surface area (Å²) in [6, 6.07) is 0. The van der Waals surface area contributed by atoms with E-state index in [2.05, 4.69) is 19.4 Å². The third-order valence-corrected chi connectivity index (χ3v) is 6.57. The largest absolute Gasteiger partial charge is 0.447 e. The van der Waals surface area contributed by atoms with Gasteiger partial charge in [0, 0.05) is 12.3 Å². The van der Waals surface area contributed by atoms with E-state index in [4.69, 9.17) is 30.4 Å². The molecule has 1 unspecified atom stereocenters. The average molecular weight is 388 g/mol. The minimum atomic E-state index is -4.88. The highest BCUT2D eigenvalue weighted by atomic mass is 19.4. The van der Waals surface area contributed by atoms with Gasteiger partial charge in [-0.3, -0.25) is 0 Å². The number of halogens is 3. The van der Waals surface area contributed by atoms with Crippen LogP contribution in [0.5, 0.6) is 0 Å². The first-order valence-corrected chi connectivity index (χ1v) is 9.15. The first kappa shape index (κ1) is 19.2. The van der Waals surface area contributed by atoms with Gasteiger partial charge in [0.05, 0.1) is 0 Å². The molecule has 27 heavy (non-hydrogen) atoms. The van der Waals surface area contributed by atoms with Gasteiger partial charge in [-0.05, 0) is 43.6 Å². The van der Waals surface area contributed by atoms with Gasteiger partial charge in [0.2, 0.25) is 5.79 Å². The molecular formula is C19H23F3O5. The summed E-state index contributed by atoms with van der Waals surface area (Å²) in [6.07, 6.45) is 1.34. The molecule has 5 aliphatic rings. The molecule has 4 saturated heterocycles. The van der Waals surface area contributed by atoms with Crippen molar-refractivity contribution in [2.75, 3.05) is 6.61 Å². The highest BCUT2D eigenvalue weighted by molar-refractivity contribution is 5.28. The van der Waals surface area contributed by atoms with E-state index < -0.39 is 42.2 Å². The molecule has 0 amide bonds. The molecule has 5 fully saturated rings. The van der Waals surface area contributed by atoms with E-state index in [0.717, 1.165) is 6.42 Å². The van der Waals surface area contributed by atoms with E-state index in [1.54, 1.807) is 6.92 Å². The van der Waals surface area contributed by atoms with Crippen molar-refractivity contribution in [1.29, 1.82) is 0 Å². The van der Waals surface area contributed by atoms with Gasteiger partial charge in [-0.15, -0.1) is 6.42 Å². The van der Waals surface area contributed by atoms with E-state index in [-0.39, 0.29) is 17.4 Å². The number of rotatable bonds is 2. The van der Waals surface area contributed by atoms with Crippen molar-refractivity contribution in [3.63, 3.8) is 0 Å². The maximum Gasteiger partial charge on any atom is 0.447 e. The molecule has 1 spiro atoms. The lowest BCUT2D eigenvalue weighted by molar-refractivity contribution is -0.582. The van der Waals surface area contributed by atoms with Crippen LogP contribution in [0.2, 0.25) is 0 Å². The van der Waals surface area contributed by atoms with Crippen molar-refractivity contribution in [2.45, 2.75) is 69.2 Å². The van der Waals surface area contributed by atoms with Gasteiger partial charge in [0.1, 0.15) is 6.61 Å². The molecule has 4 heterocycles. The molecule has 5 nitrogen and oxygen atoms in total. The first-order valence-electron chi connectivity index (χ1n) is 9.15. The third kappa shape index (κ3) is 2.45. The summed E-state index contributed by atoms with van der Waals surface area (Å²) in [5.74, 6) is -2.69. The van der Waals surface area contributed by atoms with Gasteiger partial charge in [-0.25, -0.2) is 9.78 Å². The van der Waals surface area contributed by atoms with Crippen LogP contribution in [0.1, 0.15) is 39.5 Å². The Morgan fingerprint density at radius 2 is 2.00 bits per heavy atom. The number of ether oxygens (including phenoxy) is 3. The van der Waals surface area contributed by atoms with Crippen LogP contribution in [0.15, 0.2) is 12.2 Å². The molecule has 0 aromatic heterocycles. The fourth-order valence-electron chi connectivity index (χ4n) is 5.20. The summed E-state index contributed by atoms with van der Waals surface area (Å²) in [5.41, 5.74) is -1.42. The van der Waals surface area contributed by atoms with Crippen molar-refractivity contribution in [3.05, 3.63) is 12.2 Å². The Morgan fingerprint density at radius 3 is 2.67 bits per heavy atom. The van der Waals surface area contributed by atoms with E-state index in [9.17, 15) is 13.2 Å². The number of alkyl halides is 3. The van der Waals surface area contributed by atoms with Gasteiger partial charge in [-0.1, -0.05) is 19.4 Å². The monoisotopic (exact) mass is 388 g/mol. The number of terminal acetylenes is 1. The molecule has 0 aromatic rings. The van der Waals surface area contributed by atoms with Crippen LogP contribution in [-0.4, -0.2) is 36.2 Å². The summed E-state index contributed by atoms with van der Waals surface area (Å²) < 4.78 is 59.0. The van der Waals surface area contributed by atoms with Crippen molar-refractivity contribution >= 4 is 0 Å². The minimum absolute atomic E-state index is 0.0822. The Bertz CT molecular complexity index is 688. The number of hydrogen-bond acceptors (Lipinski definition) is 5. The molecule has 0 N–H and O–H groups in total. The maximum atomic E-state index is 14.2. The fourth-order valence-corrected chi connectivity index (χ4v) is 5.20. The Hall–Kier alpha value is -1.11. The lowest BCUT2D eigenvalue weighted by Gasteiger charge is -2.61. The van der Waals surface area contributed by atoms with Crippen molar-refractivity contribution in [2.24, 2.45) is 17.8 Å². The Kier molecular flexibility index (Phi) is 4.23. The molecule has 1 aliphatic carbocycles. The van der Waals surface area contributed by atoms with Gasteiger partial charge >= 0.3 is 6.18 Å². The molecule has 4 aliphatic heterocycles. The quantitative estimate of drug-likeness (QED) is 0.410. The molecule has 8 heteroatoms. The maximum absolute atomic E-state index is 14.2. The highest BCUT2D eigenvalue weighted by Crippen LogP contribution is 2.63. The molecule has 7 atom stereocenters. The second-order valence-electron chi connectivity index (χ2n) is 8.11. The van der Waals surface area contributed by atoms with Crippen molar-refractivity contribution in [1.82, 2.24) is 0 Å². The van der Waals surface area contributed by atoms with Crippen LogP contribution in [0.3, 0.4) is 0 Å². The van der Waals surface area contributed by atoms with Crippen molar-refractivity contribution < 1.29 is 37.2 Å². The SMILES string of the molecule is C#CCO[C@@]1(C(F)(F)F)O[C@@H]2O[C@]3(C)CCC4[C@H](C)CC[C@@H](C1=C)[C@]42OO3. The van der Waals surface area contributed by atoms with Crippen molar-refractivity contribution in [3.8, 4) is 12.3 Å². The van der Waals surface area contributed by atoms with Crippen LogP contribution < -0.4 is 0 Å². The molecule has 150 valence electrons. The Morgan fingerprint density at radius 1 is 1.26 bits per heavy atom. The van der Waals surface area contributed by atoms with Gasteiger partial charge < -0.3 is 14.2 Å². The first-order chi connectivity index (χ1) is 12.6. The Balaban J connectivity index is 1.85. The second-order valence-corrected chi connectivity index (χ2v) is 8.11. The van der Waals surface area contributed by atoms with Gasteiger partial charge in [0.15, 0.2) is 11.9 Å². The van der Waals surface area contributed by atoms with Crippen LogP contribution in [0.4, 0.5) is 13.2 Å². The molecule has 2 bridgehead atoms. The highest BCUT2D eigenvalue weighted by Gasteiger charge is 2.76. The van der Waals surface area contributed by atoms with Crippen LogP contribution in [0.25, 0.3) is 0 Å². The summed E-state index contributed by atoms with van der Waals surface area (Å²) in [7, 11) is 0. The van der Waals surface area contributed by atoms with Gasteiger partial charge in [-0.2, -0.15) is 13.2 Å². The van der Waals surface area contributed by atoms with E-state index in [0.29, 0.717) is 19.3 Å². The number of hydrogen-bond donors (Lipinski definition) is 0. The minimum Gasteiger partial charge on any atom is -0.326 e. The van der Waals surface area contributed by atoms with E-state index in [1.807, 2.05) is 0 Å². The molecule has 0 radical (unpaired) electrons. The summed E-state index contributed by atoms with van der Waals surface area (Å²) in [4.78, 5) is 11.4. The predicted molar refractivity (Wildman–Crippen MR) is 86.6 cm³/mol.